The highest BCUT2D eigenvalue weighted by Crippen LogP contribution is 2.50. The van der Waals surface area contributed by atoms with E-state index in [2.05, 4.69) is 66.3 Å². The van der Waals surface area contributed by atoms with Crippen molar-refractivity contribution < 1.29 is 78.4 Å². The molecule has 9 heterocycles. The highest BCUT2D eigenvalue weighted by Gasteiger charge is 2.57. The molecule has 7 aliphatic rings. The van der Waals surface area contributed by atoms with Gasteiger partial charge in [0.1, 0.15) is 40.9 Å². The molecule has 9 unspecified atom stereocenters. The fourth-order valence-corrected chi connectivity index (χ4v) is 19.0. The van der Waals surface area contributed by atoms with Crippen LogP contribution >= 0.6 is 0 Å². The fraction of sp³-hybridized carbons (Fsp3) is 0.330. The molecular formula is C109H120F7N21O10. The van der Waals surface area contributed by atoms with Crippen molar-refractivity contribution in [1.82, 2.24) is 55.0 Å². The van der Waals surface area contributed by atoms with Gasteiger partial charge >= 0.3 is 6.61 Å². The number of amides is 5. The number of rotatable bonds is 26. The van der Waals surface area contributed by atoms with Crippen molar-refractivity contribution in [2.45, 2.75) is 147 Å². The first kappa shape index (κ1) is 107. The van der Waals surface area contributed by atoms with E-state index < -0.39 is 65.6 Å². The maximum absolute atomic E-state index is 13.7. The summed E-state index contributed by atoms with van der Waals surface area (Å²) in [5, 5.41) is 6.41. The minimum Gasteiger partial charge on any atom is -0.460 e. The zero-order valence-electron chi connectivity index (χ0n) is 84.4. The van der Waals surface area contributed by atoms with E-state index >= 15 is 0 Å². The quantitative estimate of drug-likeness (QED) is 0.0248. The number of alkyl halides is 6. The highest BCUT2D eigenvalue weighted by molar-refractivity contribution is 6.12. The lowest BCUT2D eigenvalue weighted by Crippen LogP contribution is -2.48. The lowest BCUT2D eigenvalue weighted by molar-refractivity contribution is -0.133. The predicted molar refractivity (Wildman–Crippen MR) is 548 cm³/mol. The third-order valence-electron chi connectivity index (χ3n) is 27.0. The molecule has 7 aliphatic heterocycles. The number of aryl methyl sites for hydroxylation is 5. The van der Waals surface area contributed by atoms with Gasteiger partial charge in [0.2, 0.25) is 25.4 Å². The molecular weight excluding hydrogens is 1900 g/mol. The molecule has 38 heteroatoms. The first-order valence-electron chi connectivity index (χ1n) is 47.6. The second-order valence-corrected chi connectivity index (χ2v) is 37.0. The predicted octanol–water partition coefficient (Wildman–Crippen LogP) is 13.9. The van der Waals surface area contributed by atoms with Gasteiger partial charge in [-0.15, -0.1) is 0 Å². The van der Waals surface area contributed by atoms with Gasteiger partial charge in [-0.25, -0.2) is 56.9 Å². The highest BCUT2D eigenvalue weighted by atomic mass is 19.3. The van der Waals surface area contributed by atoms with Crippen LogP contribution in [0, 0.1) is 46.4 Å². The lowest BCUT2D eigenvalue weighted by Gasteiger charge is -2.39. The second kappa shape index (κ2) is 44.5. The van der Waals surface area contributed by atoms with Crippen LogP contribution in [-0.2, 0) is 58.1 Å². The molecule has 0 aliphatic carbocycles. The topological polar surface area (TPSA) is 406 Å². The Labute approximate surface area is 848 Å². The van der Waals surface area contributed by atoms with E-state index in [1.807, 2.05) is 107 Å². The summed E-state index contributed by atoms with van der Waals surface area (Å²) in [5.41, 5.74) is 38.1. The van der Waals surface area contributed by atoms with Crippen molar-refractivity contribution in [3.05, 3.63) is 320 Å². The van der Waals surface area contributed by atoms with E-state index in [0.29, 0.717) is 101 Å². The molecule has 0 spiro atoms. The molecule has 9 atom stereocenters. The summed E-state index contributed by atoms with van der Waals surface area (Å²) in [4.78, 5) is 111. The Hall–Kier alpha value is -15.7. The Morgan fingerprint density at radius 1 is 0.381 bits per heavy atom. The first-order chi connectivity index (χ1) is 69.9. The molecule has 0 saturated carbocycles. The summed E-state index contributed by atoms with van der Waals surface area (Å²) in [5.74, 6) is 1.15. The maximum Gasteiger partial charge on any atom is 0.387 e. The maximum atomic E-state index is 13.7. The molecule has 2 aromatic heterocycles. The molecule has 5 amide bonds. The number of ether oxygens (including phenoxy) is 5. The molecule has 147 heavy (non-hydrogen) atoms. The van der Waals surface area contributed by atoms with Gasteiger partial charge in [-0.1, -0.05) is 115 Å². The van der Waals surface area contributed by atoms with E-state index in [1.54, 1.807) is 172 Å². The van der Waals surface area contributed by atoms with E-state index in [4.69, 9.17) is 47.6 Å². The normalized spacial score (nSPS) is 21.1. The first-order valence-corrected chi connectivity index (χ1v) is 47.6. The average Bonchev–Trinajstić information content (AvgIpc) is 1.60. The summed E-state index contributed by atoms with van der Waals surface area (Å²) < 4.78 is 117. The summed E-state index contributed by atoms with van der Waals surface area (Å²) >= 11 is 0. The number of aromatic nitrogens is 3. The van der Waals surface area contributed by atoms with Gasteiger partial charge in [0.25, 0.3) is 29.5 Å². The third kappa shape index (κ3) is 21.7. The monoisotopic (exact) mass is 2020 g/mol. The van der Waals surface area contributed by atoms with Crippen molar-refractivity contribution >= 4 is 59.3 Å². The van der Waals surface area contributed by atoms with Gasteiger partial charge in [0, 0.05) is 112 Å². The molecule has 9 aromatic carbocycles. The Kier molecular flexibility index (Phi) is 32.4. The van der Waals surface area contributed by atoms with Crippen molar-refractivity contribution in [1.29, 1.82) is 0 Å². The molecule has 0 bridgehead atoms. The van der Waals surface area contributed by atoms with E-state index in [1.165, 1.54) is 76.2 Å². The number of nitrogens with one attached hydrogen (secondary N) is 2. The zero-order chi connectivity index (χ0) is 106. The van der Waals surface area contributed by atoms with Crippen LogP contribution in [-0.4, -0.2) is 218 Å². The van der Waals surface area contributed by atoms with Gasteiger partial charge in [0.05, 0.1) is 6.20 Å². The molecule has 0 radical (unpaired) electrons. The Bertz CT molecular complexity index is 6930. The molecule has 12 N–H and O–H groups in total. The number of nitrogens with zero attached hydrogens (tertiary/aromatic N) is 14. The van der Waals surface area contributed by atoms with Gasteiger partial charge in [-0.3, -0.25) is 53.5 Å². The molecule has 2 fully saturated rings. The Morgan fingerprint density at radius 3 is 1.05 bits per heavy atom. The minimum atomic E-state index is -2.89. The number of nitrogens with two attached hydrogens (primary N) is 5. The minimum absolute atomic E-state index is 0.00373. The Morgan fingerprint density at radius 2 is 0.714 bits per heavy atom. The van der Waals surface area contributed by atoms with Gasteiger partial charge in [0.15, 0.2) is 57.5 Å². The SMILES string of the molecule is CNCCc1cccc(C2(c3ccc(OC(C)F)c(C)c3)N=C(N)N(C)C2=O)c1.Cc1cc(C2(C3CCN(C)CC3)N=C(N)N(C)C2=O)ccc1OC(F)F.Cc1cc(C2(c3cccc(-c4cncc(F)c4)c3)N=C(N)N(C)C2=O)ccc1OC(C)F.Cc1cc(C2(c3cccc(-c4cncnc4)c3)N=C(N)N(C)C2=O)ccc1OC(C)F.Cc1cc(C2(c3cccc(C4CNC4)c3)N=C(N)N(C)C2=O)ccc1OC(C)F. The lowest BCUT2D eigenvalue weighted by atomic mass is 9.73. The summed E-state index contributed by atoms with van der Waals surface area (Å²) in [6, 6.07) is 57.3. The number of carbonyl (C=O) groups excluding carboxylic acids is 5. The smallest absolute Gasteiger partial charge is 0.387 e. The number of likely N-dealkylation sites (tertiary alicyclic amines) is 1. The van der Waals surface area contributed by atoms with Crippen LogP contribution in [0.3, 0.4) is 0 Å². The molecule has 18 rings (SSSR count). The van der Waals surface area contributed by atoms with Crippen LogP contribution in [0.15, 0.2) is 250 Å². The number of guanidine groups is 5. The molecule has 2 saturated heterocycles. The number of carbonyl (C=O) groups is 5. The average molecular weight is 2020 g/mol. The number of aliphatic imine (C=N–C) groups is 5. The van der Waals surface area contributed by atoms with E-state index in [-0.39, 0.29) is 71.0 Å². The van der Waals surface area contributed by atoms with E-state index in [0.717, 1.165) is 91.6 Å². The van der Waals surface area contributed by atoms with Crippen LogP contribution in [0.5, 0.6) is 28.7 Å². The number of halogens is 7. The van der Waals surface area contributed by atoms with Gasteiger partial charge in [-0.2, -0.15) is 8.78 Å². The van der Waals surface area contributed by atoms with Crippen molar-refractivity contribution in [2.75, 3.05) is 82.1 Å². The number of piperidine rings is 1. The van der Waals surface area contributed by atoms with Crippen LogP contribution in [0.1, 0.15) is 135 Å². The molecule has 770 valence electrons. The second-order valence-electron chi connectivity index (χ2n) is 37.0. The van der Waals surface area contributed by atoms with Crippen LogP contribution in [0.4, 0.5) is 30.7 Å². The van der Waals surface area contributed by atoms with Crippen LogP contribution < -0.4 is 63.0 Å². The fourth-order valence-electron chi connectivity index (χ4n) is 19.0. The van der Waals surface area contributed by atoms with Gasteiger partial charge in [-0.05, 0) is 273 Å². The van der Waals surface area contributed by atoms with Crippen molar-refractivity contribution in [3.8, 4) is 51.0 Å². The van der Waals surface area contributed by atoms with Crippen molar-refractivity contribution in [3.63, 3.8) is 0 Å². The van der Waals surface area contributed by atoms with Crippen LogP contribution in [0.25, 0.3) is 22.3 Å². The van der Waals surface area contributed by atoms with Crippen LogP contribution in [0.2, 0.25) is 0 Å². The number of hydrogen-bond donors (Lipinski definition) is 7. The summed E-state index contributed by atoms with van der Waals surface area (Å²) in [6.07, 6.45) is 4.20. The largest absolute Gasteiger partial charge is 0.460 e. The standard InChI is InChI=1S/C24H22F2N4O2.C23H22FN5O2.C22H25FN4O2.C22H27FN4O2.C18H24F2N4O2/c1-14-9-19(7-8-21(14)32-15(2)25)24(22(31)30(3)23(27)29-24)18-6-4-5-16(10-18)17-11-20(26)13-28-12-17;1-14-9-19(7-8-20(14)31-15(2)24)23(21(30)29(3)22(25)28-23)18-6-4-5-16(10-18)17-11-26-13-27-12-17;1-13-9-18(7-8-19(13)29-14(2)23)22(20(28)27(3)21(24)26-22)17-6-4-5-15(10-17)16-11-25-12-16;1-14-12-18(8-9-19(14)29-15(2)23)22(20(28)27(4)21(24)26-22)17-7-5-6-16(13-17)10-11-25-3;1-11-10-13(4-5-14(11)26-16(19)20)18(12-6-8-23(2)9-7-12)15(25)24(3)17(21)22-18/h4-13,15H,1-3H3,(H2,27,29);4-13,15H,1-3H3,(H2,25,28);4-10,14,16,25H,11-12H2,1-3H3,(H2,24,26);5-9,12-13,15,25H,10-11H2,1-4H3,(H2,24,26);4-5,10,12,16H,6-9H2,1-3H3,(H2,21,22). The van der Waals surface area contributed by atoms with Crippen molar-refractivity contribution in [2.24, 2.45) is 59.5 Å². The molecule has 31 nitrogen and oxygen atoms in total. The number of hydrogen-bond acceptors (Lipinski definition) is 26. The number of benzene rings is 9. The van der Waals surface area contributed by atoms with E-state index in [9.17, 15) is 54.7 Å². The number of pyridine rings is 1. The Balaban J connectivity index is 0.000000145. The van der Waals surface area contributed by atoms with Gasteiger partial charge < -0.3 is 67.9 Å². The number of likely N-dealkylation sites (N-methyl/N-ethyl adjacent to an activating group) is 6. The third-order valence-corrected chi connectivity index (χ3v) is 27.0. The summed E-state index contributed by atoms with van der Waals surface area (Å²) in [6.45, 7) is 15.6. The molecule has 11 aromatic rings. The zero-order valence-corrected chi connectivity index (χ0v) is 84.4. The summed E-state index contributed by atoms with van der Waals surface area (Å²) in [7, 11) is 11.9.